The molecule has 6 nitrogen and oxygen atoms in total. The largest absolute Gasteiger partial charge is 0.317 e. The van der Waals surface area contributed by atoms with Crippen molar-refractivity contribution in [3.63, 3.8) is 0 Å². The van der Waals surface area contributed by atoms with Gasteiger partial charge in [-0.3, -0.25) is 14.5 Å². The standard InChI is InChI=1S/C27H25ClN4O2/c1-15-11-24-21(14-20(15)27(34)31-10-9-18-13-19(28)7-8-22(18)31)30-26(33)25-29-16(2)12-23(32(24)25)17-5-3-4-6-17/h7-8,11,13-14,17H,3-6,9-10H2,1-2H3,(H,30,33). The fourth-order valence-electron chi connectivity index (χ4n) is 5.59. The van der Waals surface area contributed by atoms with E-state index in [1.54, 1.807) is 4.90 Å². The lowest BCUT2D eigenvalue weighted by Crippen LogP contribution is -2.46. The summed E-state index contributed by atoms with van der Waals surface area (Å²) in [7, 11) is 0. The Hall–Kier alpha value is -3.34. The van der Waals surface area contributed by atoms with Crippen molar-refractivity contribution in [3.05, 3.63) is 69.2 Å². The molecule has 0 bridgehead atoms. The number of carbonyl (C=O) groups is 2. The van der Waals surface area contributed by atoms with Crippen LogP contribution in [0.5, 0.6) is 0 Å². The highest BCUT2D eigenvalue weighted by atomic mass is 35.5. The van der Waals surface area contributed by atoms with Crippen LogP contribution in [0.4, 0.5) is 17.1 Å². The van der Waals surface area contributed by atoms with E-state index in [4.69, 9.17) is 11.6 Å². The van der Waals surface area contributed by atoms with E-state index in [-0.39, 0.29) is 11.8 Å². The third-order valence-corrected chi connectivity index (χ3v) is 7.46. The summed E-state index contributed by atoms with van der Waals surface area (Å²) in [4.78, 5) is 35.0. The Morgan fingerprint density at radius 1 is 1.15 bits per heavy atom. The number of nitrogens with one attached hydrogen (secondary N) is 1. The van der Waals surface area contributed by atoms with Crippen molar-refractivity contribution in [3.8, 4) is 0 Å². The Morgan fingerprint density at radius 3 is 2.74 bits per heavy atom. The number of aryl methyl sites for hydroxylation is 1. The molecule has 4 aliphatic rings. The third kappa shape index (κ3) is 3.29. The Balaban J connectivity index is 1.42. The summed E-state index contributed by atoms with van der Waals surface area (Å²) in [6.07, 6.45) is 5.32. The van der Waals surface area contributed by atoms with Gasteiger partial charge in [0.15, 0.2) is 0 Å². The molecule has 2 aromatic rings. The number of anilines is 3. The van der Waals surface area contributed by atoms with E-state index in [1.807, 2.05) is 49.1 Å². The van der Waals surface area contributed by atoms with Crippen LogP contribution in [0.2, 0.25) is 5.02 Å². The number of allylic oxidation sites excluding steroid dienone is 1. The lowest BCUT2D eigenvalue weighted by atomic mass is 9.97. The van der Waals surface area contributed by atoms with Crippen molar-refractivity contribution in [2.75, 3.05) is 21.7 Å². The fraction of sp³-hybridized carbons (Fsp3) is 0.333. The van der Waals surface area contributed by atoms with Gasteiger partial charge in [0.1, 0.15) is 0 Å². The van der Waals surface area contributed by atoms with Crippen molar-refractivity contribution in [1.29, 1.82) is 0 Å². The number of fused-ring (bicyclic) bond motifs is 4. The van der Waals surface area contributed by atoms with Crippen molar-refractivity contribution in [2.24, 2.45) is 10.9 Å². The summed E-state index contributed by atoms with van der Waals surface area (Å²) in [5.74, 6) is 0.409. The number of carbonyl (C=O) groups excluding carboxylic acids is 2. The molecule has 1 saturated carbocycles. The number of benzene rings is 2. The van der Waals surface area contributed by atoms with Gasteiger partial charge in [-0.1, -0.05) is 30.2 Å². The van der Waals surface area contributed by atoms with Crippen molar-refractivity contribution in [1.82, 2.24) is 0 Å². The van der Waals surface area contributed by atoms with E-state index < -0.39 is 0 Å². The Labute approximate surface area is 203 Å². The summed E-state index contributed by atoms with van der Waals surface area (Å²) in [5, 5.41) is 3.65. The van der Waals surface area contributed by atoms with Crippen LogP contribution >= 0.6 is 11.6 Å². The zero-order chi connectivity index (χ0) is 23.6. The van der Waals surface area contributed by atoms with Gasteiger partial charge in [0.25, 0.3) is 11.8 Å². The summed E-state index contributed by atoms with van der Waals surface area (Å²) in [6.45, 7) is 4.44. The summed E-state index contributed by atoms with van der Waals surface area (Å²) >= 11 is 6.14. The van der Waals surface area contributed by atoms with E-state index in [9.17, 15) is 9.59 Å². The number of nitrogens with zero attached hydrogens (tertiary/aromatic N) is 3. The topological polar surface area (TPSA) is 65.0 Å². The highest BCUT2D eigenvalue weighted by molar-refractivity contribution is 6.50. The molecule has 172 valence electrons. The molecule has 0 spiro atoms. The summed E-state index contributed by atoms with van der Waals surface area (Å²) in [6, 6.07) is 9.45. The minimum atomic E-state index is -0.257. The SMILES string of the molecule is CC1=C=C(C2CCCC2)N2C(=N1)C(=O)Nc1cc(C(=O)N3CCc4cc(Cl)ccc43)c(C)cc12. The van der Waals surface area contributed by atoms with Gasteiger partial charge in [-0.05, 0) is 74.6 Å². The Bertz CT molecular complexity index is 1360. The maximum absolute atomic E-state index is 13.6. The van der Waals surface area contributed by atoms with Crippen LogP contribution in [-0.2, 0) is 11.2 Å². The van der Waals surface area contributed by atoms with E-state index in [0.717, 1.165) is 53.2 Å². The molecule has 0 unspecified atom stereocenters. The molecule has 7 heteroatoms. The number of halogens is 1. The van der Waals surface area contributed by atoms with Crippen LogP contribution in [0, 0.1) is 12.8 Å². The van der Waals surface area contributed by atoms with Gasteiger partial charge in [0.05, 0.1) is 22.8 Å². The van der Waals surface area contributed by atoms with E-state index in [1.165, 1.54) is 12.8 Å². The molecular weight excluding hydrogens is 448 g/mol. The van der Waals surface area contributed by atoms with Gasteiger partial charge in [-0.25, -0.2) is 4.99 Å². The van der Waals surface area contributed by atoms with Crippen LogP contribution in [0.25, 0.3) is 0 Å². The Morgan fingerprint density at radius 2 is 1.94 bits per heavy atom. The molecule has 6 rings (SSSR count). The van der Waals surface area contributed by atoms with E-state index in [2.05, 4.69) is 16.0 Å². The highest BCUT2D eigenvalue weighted by Gasteiger charge is 2.38. The zero-order valence-electron chi connectivity index (χ0n) is 19.2. The molecule has 3 aliphatic heterocycles. The number of hydrogen-bond donors (Lipinski definition) is 1. The van der Waals surface area contributed by atoms with Crippen LogP contribution in [0.15, 0.2) is 52.4 Å². The second-order valence-corrected chi connectivity index (χ2v) is 9.90. The maximum atomic E-state index is 13.6. The molecule has 0 radical (unpaired) electrons. The van der Waals surface area contributed by atoms with E-state index >= 15 is 0 Å². The van der Waals surface area contributed by atoms with Crippen molar-refractivity contribution in [2.45, 2.75) is 46.0 Å². The molecule has 1 aliphatic carbocycles. The van der Waals surface area contributed by atoms with Crippen LogP contribution in [0.1, 0.15) is 54.1 Å². The molecule has 0 atom stereocenters. The highest BCUT2D eigenvalue weighted by Crippen LogP contribution is 2.42. The summed E-state index contributed by atoms with van der Waals surface area (Å²) < 4.78 is 0. The van der Waals surface area contributed by atoms with Gasteiger partial charge in [0, 0.05) is 28.7 Å². The molecule has 2 aromatic carbocycles. The first kappa shape index (κ1) is 21.2. The normalized spacial score (nSPS) is 19.1. The minimum absolute atomic E-state index is 0.0731. The molecule has 34 heavy (non-hydrogen) atoms. The smallest absolute Gasteiger partial charge is 0.292 e. The number of amides is 2. The Kier molecular flexibility index (Phi) is 4.91. The van der Waals surface area contributed by atoms with Crippen LogP contribution < -0.4 is 15.1 Å². The lowest BCUT2D eigenvalue weighted by molar-refractivity contribution is -0.110. The quantitative estimate of drug-likeness (QED) is 0.579. The van der Waals surface area contributed by atoms with Crippen LogP contribution in [-0.4, -0.2) is 24.2 Å². The molecule has 3 heterocycles. The average Bonchev–Trinajstić information content (AvgIpc) is 3.48. The predicted octanol–water partition coefficient (Wildman–Crippen LogP) is 5.60. The monoisotopic (exact) mass is 472 g/mol. The average molecular weight is 473 g/mol. The minimum Gasteiger partial charge on any atom is -0.317 e. The molecule has 2 amide bonds. The first-order valence-corrected chi connectivity index (χ1v) is 12.2. The number of hydrogen-bond acceptors (Lipinski definition) is 4. The molecular formula is C27H25ClN4O2. The first-order chi connectivity index (χ1) is 16.4. The van der Waals surface area contributed by atoms with Gasteiger partial charge in [-0.15, -0.1) is 0 Å². The number of rotatable bonds is 2. The van der Waals surface area contributed by atoms with Gasteiger partial charge >= 0.3 is 0 Å². The maximum Gasteiger partial charge on any atom is 0.292 e. The number of aliphatic imine (C=N–C) groups is 1. The molecule has 1 N–H and O–H groups in total. The predicted molar refractivity (Wildman–Crippen MR) is 135 cm³/mol. The van der Waals surface area contributed by atoms with Gasteiger partial charge in [-0.2, -0.15) is 0 Å². The summed E-state index contributed by atoms with van der Waals surface area (Å²) in [5.41, 5.74) is 10.1. The second-order valence-electron chi connectivity index (χ2n) is 9.47. The van der Waals surface area contributed by atoms with Crippen molar-refractivity contribution >= 4 is 46.3 Å². The van der Waals surface area contributed by atoms with Crippen LogP contribution in [0.3, 0.4) is 0 Å². The van der Waals surface area contributed by atoms with E-state index in [0.29, 0.717) is 34.6 Å². The van der Waals surface area contributed by atoms with Gasteiger partial charge < -0.3 is 10.2 Å². The van der Waals surface area contributed by atoms with Crippen molar-refractivity contribution < 1.29 is 9.59 Å². The molecule has 0 saturated heterocycles. The molecule has 0 aromatic heterocycles. The number of amidine groups is 1. The fourth-order valence-corrected chi connectivity index (χ4v) is 5.78. The third-order valence-electron chi connectivity index (χ3n) is 7.22. The molecule has 1 fully saturated rings. The van der Waals surface area contributed by atoms with Gasteiger partial charge in [0.2, 0.25) is 5.84 Å². The first-order valence-electron chi connectivity index (χ1n) is 11.8. The second kappa shape index (κ2) is 7.86. The lowest BCUT2D eigenvalue weighted by Gasteiger charge is -2.36. The zero-order valence-corrected chi connectivity index (χ0v) is 20.0.